The fraction of sp³-hybridized carbons (Fsp3) is 0.231. The van der Waals surface area contributed by atoms with E-state index in [1.165, 1.54) is 21.6 Å². The van der Waals surface area contributed by atoms with Crippen molar-refractivity contribution in [2.75, 3.05) is 17.2 Å². The number of imidazole rings is 1. The number of fused-ring (bicyclic) bond motifs is 4. The second-order valence-electron chi connectivity index (χ2n) is 9.21. The summed E-state index contributed by atoms with van der Waals surface area (Å²) in [6.07, 6.45) is 0.357. The summed E-state index contributed by atoms with van der Waals surface area (Å²) in [5.41, 5.74) is 9.05. The second kappa shape index (κ2) is 8.47. The van der Waals surface area contributed by atoms with Gasteiger partial charge in [0.05, 0.1) is 41.3 Å². The maximum atomic E-state index is 13.9. The zero-order valence-electron chi connectivity index (χ0n) is 20.5. The van der Waals surface area contributed by atoms with Gasteiger partial charge in [0.1, 0.15) is 17.2 Å². The normalized spacial score (nSPS) is 13.2. The van der Waals surface area contributed by atoms with E-state index in [1.807, 2.05) is 0 Å². The van der Waals surface area contributed by atoms with E-state index in [-0.39, 0.29) is 12.5 Å². The number of amides is 1. The van der Waals surface area contributed by atoms with E-state index in [0.29, 0.717) is 63.8 Å². The molecular weight excluding hydrogens is 499 g/mol. The van der Waals surface area contributed by atoms with Crippen LogP contribution < -0.4 is 15.4 Å². The molecule has 0 radical (unpaired) electrons. The number of anilines is 2. The molecule has 9 nitrogen and oxygen atoms in total. The maximum Gasteiger partial charge on any atom is 0.417 e. The number of nitrogen functional groups attached to an aromatic ring is 1. The van der Waals surface area contributed by atoms with Crippen molar-refractivity contribution >= 4 is 34.0 Å². The van der Waals surface area contributed by atoms with Crippen LogP contribution in [0.2, 0.25) is 0 Å². The molecule has 1 amide bonds. The van der Waals surface area contributed by atoms with Gasteiger partial charge in [-0.15, -0.1) is 0 Å². The lowest BCUT2D eigenvalue weighted by Crippen LogP contribution is -2.31. The van der Waals surface area contributed by atoms with Crippen molar-refractivity contribution in [3.8, 4) is 5.75 Å². The van der Waals surface area contributed by atoms with Gasteiger partial charge in [-0.05, 0) is 37.3 Å². The summed E-state index contributed by atoms with van der Waals surface area (Å²) < 4.78 is 48.3. The highest BCUT2D eigenvalue weighted by molar-refractivity contribution is 6.08. The molecule has 5 aromatic rings. The summed E-state index contributed by atoms with van der Waals surface area (Å²) in [6, 6.07) is 7.40. The summed E-state index contributed by atoms with van der Waals surface area (Å²) in [4.78, 5) is 24.4. The van der Waals surface area contributed by atoms with Crippen LogP contribution in [0.4, 0.5) is 24.7 Å². The van der Waals surface area contributed by atoms with Crippen LogP contribution in [-0.4, -0.2) is 36.7 Å². The fourth-order valence-electron chi connectivity index (χ4n) is 4.81. The Morgan fingerprint density at radius 1 is 1.16 bits per heavy atom. The van der Waals surface area contributed by atoms with Crippen LogP contribution in [0.3, 0.4) is 0 Å². The van der Waals surface area contributed by atoms with E-state index in [4.69, 9.17) is 10.5 Å². The topological polar surface area (TPSA) is 104 Å². The number of alkyl halides is 3. The van der Waals surface area contributed by atoms with E-state index in [2.05, 4.69) is 15.1 Å². The van der Waals surface area contributed by atoms with Crippen LogP contribution in [0.1, 0.15) is 32.9 Å². The maximum absolute atomic E-state index is 13.9. The smallest absolute Gasteiger partial charge is 0.417 e. The van der Waals surface area contributed by atoms with Crippen LogP contribution >= 0.6 is 0 Å². The Bertz CT molecular complexity index is 1740. The molecule has 194 valence electrons. The number of aromatic nitrogens is 5. The minimum Gasteiger partial charge on any atom is -0.492 e. The van der Waals surface area contributed by atoms with Gasteiger partial charge in [0, 0.05) is 48.6 Å². The summed E-state index contributed by atoms with van der Waals surface area (Å²) in [6.45, 7) is 2.28. The van der Waals surface area contributed by atoms with E-state index in [0.717, 1.165) is 17.8 Å². The number of pyridine rings is 2. The number of halogens is 3. The summed E-state index contributed by atoms with van der Waals surface area (Å²) >= 11 is 0. The molecule has 1 aromatic carbocycles. The SMILES string of the molecule is Cc1nn(C)cc1N(Cc1cn2cc(C(F)(F)F)ccc2n1)C(=O)c1ccc2nc(N)c3c(c2c1)OCC3. The van der Waals surface area contributed by atoms with Crippen molar-refractivity contribution in [2.45, 2.75) is 26.1 Å². The van der Waals surface area contributed by atoms with Crippen molar-refractivity contribution in [3.63, 3.8) is 0 Å². The van der Waals surface area contributed by atoms with Crippen molar-refractivity contribution < 1.29 is 22.7 Å². The van der Waals surface area contributed by atoms with E-state index < -0.39 is 11.7 Å². The highest BCUT2D eigenvalue weighted by atomic mass is 19.4. The van der Waals surface area contributed by atoms with Gasteiger partial charge in [0.15, 0.2) is 0 Å². The number of nitrogens with two attached hydrogens (primary N) is 1. The molecule has 4 aromatic heterocycles. The summed E-state index contributed by atoms with van der Waals surface area (Å²) in [5, 5.41) is 5.05. The largest absolute Gasteiger partial charge is 0.492 e. The number of carbonyl (C=O) groups is 1. The Hall–Kier alpha value is -4.61. The lowest BCUT2D eigenvalue weighted by atomic mass is 10.1. The third-order valence-electron chi connectivity index (χ3n) is 6.58. The van der Waals surface area contributed by atoms with Gasteiger partial charge in [0.25, 0.3) is 5.91 Å². The van der Waals surface area contributed by atoms with Gasteiger partial charge in [0.2, 0.25) is 0 Å². The predicted octanol–water partition coefficient (Wildman–Crippen LogP) is 4.31. The van der Waals surface area contributed by atoms with Gasteiger partial charge in [-0.25, -0.2) is 9.97 Å². The first-order valence-corrected chi connectivity index (χ1v) is 11.8. The molecule has 0 saturated carbocycles. The summed E-state index contributed by atoms with van der Waals surface area (Å²) in [5.74, 6) is 0.712. The van der Waals surface area contributed by atoms with Gasteiger partial charge < -0.3 is 14.9 Å². The van der Waals surface area contributed by atoms with Crippen molar-refractivity contribution in [1.29, 1.82) is 0 Å². The van der Waals surface area contributed by atoms with Crippen LogP contribution in [0.25, 0.3) is 16.6 Å². The third kappa shape index (κ3) is 3.98. The number of rotatable bonds is 4. The lowest BCUT2D eigenvalue weighted by molar-refractivity contribution is -0.137. The molecule has 0 aliphatic carbocycles. The molecule has 6 rings (SSSR count). The molecule has 0 spiro atoms. The zero-order chi connectivity index (χ0) is 26.8. The molecule has 38 heavy (non-hydrogen) atoms. The van der Waals surface area contributed by atoms with Crippen LogP contribution in [0.15, 0.2) is 48.9 Å². The molecule has 5 heterocycles. The molecule has 1 aliphatic heterocycles. The molecule has 12 heteroatoms. The lowest BCUT2D eigenvalue weighted by Gasteiger charge is -2.21. The van der Waals surface area contributed by atoms with Crippen molar-refractivity contribution in [1.82, 2.24) is 24.1 Å². The highest BCUT2D eigenvalue weighted by Crippen LogP contribution is 2.37. The number of carbonyl (C=O) groups excluding carboxylic acids is 1. The van der Waals surface area contributed by atoms with E-state index >= 15 is 0 Å². The Morgan fingerprint density at radius 3 is 2.71 bits per heavy atom. The molecule has 0 fully saturated rings. The quantitative estimate of drug-likeness (QED) is 0.378. The molecule has 0 bridgehead atoms. The van der Waals surface area contributed by atoms with Crippen LogP contribution in [-0.2, 0) is 26.2 Å². The second-order valence-corrected chi connectivity index (χ2v) is 9.21. The average molecular weight is 522 g/mol. The van der Waals surface area contributed by atoms with E-state index in [1.54, 1.807) is 43.0 Å². The first-order valence-electron chi connectivity index (χ1n) is 11.8. The zero-order valence-corrected chi connectivity index (χ0v) is 20.5. The minimum atomic E-state index is -4.48. The predicted molar refractivity (Wildman–Crippen MR) is 134 cm³/mol. The van der Waals surface area contributed by atoms with Crippen LogP contribution in [0.5, 0.6) is 5.75 Å². The highest BCUT2D eigenvalue weighted by Gasteiger charge is 2.31. The third-order valence-corrected chi connectivity index (χ3v) is 6.58. The molecule has 0 atom stereocenters. The van der Waals surface area contributed by atoms with Gasteiger partial charge in [-0.3, -0.25) is 14.4 Å². The number of hydrogen-bond donors (Lipinski definition) is 1. The molecule has 0 saturated heterocycles. The Labute approximate surface area is 214 Å². The number of aryl methyl sites for hydroxylation is 2. The number of nitrogens with zero attached hydrogens (tertiary/aromatic N) is 6. The van der Waals surface area contributed by atoms with Crippen molar-refractivity contribution in [2.24, 2.45) is 7.05 Å². The van der Waals surface area contributed by atoms with Crippen molar-refractivity contribution in [3.05, 3.63) is 77.0 Å². The van der Waals surface area contributed by atoms with Crippen LogP contribution in [0, 0.1) is 6.92 Å². The first kappa shape index (κ1) is 23.8. The molecular formula is C26H22F3N7O2. The number of benzene rings is 1. The number of hydrogen-bond acceptors (Lipinski definition) is 6. The Morgan fingerprint density at radius 2 is 1.97 bits per heavy atom. The monoisotopic (exact) mass is 521 g/mol. The average Bonchev–Trinajstić information content (AvgIpc) is 3.59. The Kier molecular flexibility index (Phi) is 5.30. The standard InChI is InChI=1S/C26H22F3N7O2/c1-14-21(13-34(2)33-14)36(12-17-11-35-10-16(26(27,28)29)4-6-22(35)31-17)25(37)15-3-5-20-19(9-15)23-18(7-8-38-23)24(30)32-20/h3-6,9-11,13H,7-8,12H2,1-2H3,(H2,30,32). The van der Waals surface area contributed by atoms with Gasteiger partial charge >= 0.3 is 6.18 Å². The first-order chi connectivity index (χ1) is 18.1. The minimum absolute atomic E-state index is 0.0149. The van der Waals surface area contributed by atoms with Gasteiger partial charge in [-0.2, -0.15) is 18.3 Å². The Balaban J connectivity index is 1.41. The molecule has 2 N–H and O–H groups in total. The molecule has 0 unspecified atom stereocenters. The summed E-state index contributed by atoms with van der Waals surface area (Å²) in [7, 11) is 1.75. The fourth-order valence-corrected chi connectivity index (χ4v) is 4.81. The van der Waals surface area contributed by atoms with E-state index in [9.17, 15) is 18.0 Å². The van der Waals surface area contributed by atoms with Gasteiger partial charge in [-0.1, -0.05) is 0 Å². The molecule has 1 aliphatic rings. The number of ether oxygens (including phenoxy) is 1.